The molecule has 0 N–H and O–H groups in total. The third-order valence-corrected chi connectivity index (χ3v) is 1.55. The molecule has 0 aromatic carbocycles. The van der Waals surface area contributed by atoms with Crippen molar-refractivity contribution >= 4 is 29.6 Å². The van der Waals surface area contributed by atoms with Gasteiger partial charge in [0, 0.05) is 5.92 Å². The van der Waals surface area contributed by atoms with Crippen molar-refractivity contribution in [3.05, 3.63) is 30.2 Å². The van der Waals surface area contributed by atoms with Crippen LogP contribution in [0.15, 0.2) is 24.3 Å². The van der Waals surface area contributed by atoms with Crippen molar-refractivity contribution in [1.29, 1.82) is 0 Å². The van der Waals surface area contributed by atoms with Crippen molar-refractivity contribution in [3.63, 3.8) is 0 Å². The summed E-state index contributed by atoms with van der Waals surface area (Å²) in [5.74, 6) is 1.48. The Hall–Kier alpha value is 0.480. The van der Waals surface area contributed by atoms with Crippen LogP contribution in [0.2, 0.25) is 0 Å². The van der Waals surface area contributed by atoms with E-state index in [0.29, 0.717) is 0 Å². The molecular formula is C9H14Na. The van der Waals surface area contributed by atoms with Crippen molar-refractivity contribution in [2.75, 3.05) is 0 Å². The summed E-state index contributed by atoms with van der Waals surface area (Å²) in [5.41, 5.74) is 0. The first-order valence-electron chi connectivity index (χ1n) is 3.64. The molecule has 0 aromatic heterocycles. The molecule has 1 rings (SSSR count). The standard InChI is InChI=1S/C9H13.Na.H/c1-2-3-6-9-7-4-5-8-9;;/h4-5,7-8H,2-3,6H2,1H3;;. The quantitative estimate of drug-likeness (QED) is 0.534. The van der Waals surface area contributed by atoms with Gasteiger partial charge in [0.25, 0.3) is 0 Å². The second-order valence-electron chi connectivity index (χ2n) is 2.40. The molecule has 0 aliphatic heterocycles. The van der Waals surface area contributed by atoms with Crippen LogP contribution in [0.25, 0.3) is 0 Å². The zero-order valence-corrected chi connectivity index (χ0v) is 5.93. The van der Waals surface area contributed by atoms with Crippen LogP contribution in [0.5, 0.6) is 0 Å². The summed E-state index contributed by atoms with van der Waals surface area (Å²) in [4.78, 5) is 0. The van der Waals surface area contributed by atoms with Crippen LogP contribution in [0, 0.1) is 5.92 Å². The second kappa shape index (κ2) is 6.21. The van der Waals surface area contributed by atoms with Gasteiger partial charge in [0.05, 0.1) is 0 Å². The van der Waals surface area contributed by atoms with Crippen LogP contribution in [0.4, 0.5) is 0 Å². The second-order valence-corrected chi connectivity index (χ2v) is 2.40. The predicted molar refractivity (Wildman–Crippen MR) is 48.2 cm³/mol. The van der Waals surface area contributed by atoms with E-state index < -0.39 is 0 Å². The van der Waals surface area contributed by atoms with Crippen molar-refractivity contribution < 1.29 is 0 Å². The Morgan fingerprint density at radius 3 is 2.30 bits per heavy atom. The van der Waals surface area contributed by atoms with E-state index in [9.17, 15) is 0 Å². The van der Waals surface area contributed by atoms with E-state index in [0.717, 1.165) is 0 Å². The Bertz CT molecular complexity index is 113. The van der Waals surface area contributed by atoms with Gasteiger partial charge in [-0.3, -0.25) is 0 Å². The molecule has 0 spiro atoms. The minimum absolute atomic E-state index is 0. The molecule has 1 aliphatic rings. The Balaban J connectivity index is 0.000000810. The Kier molecular flexibility index (Phi) is 6.50. The van der Waals surface area contributed by atoms with Crippen molar-refractivity contribution in [2.24, 2.45) is 0 Å². The average Bonchev–Trinajstić information content (AvgIpc) is 2.34. The molecule has 51 valence electrons. The number of rotatable bonds is 3. The van der Waals surface area contributed by atoms with Crippen LogP contribution < -0.4 is 0 Å². The van der Waals surface area contributed by atoms with Gasteiger partial charge in [-0.1, -0.05) is 44.1 Å². The van der Waals surface area contributed by atoms with Gasteiger partial charge < -0.3 is 0 Å². The molecule has 0 saturated carbocycles. The molecule has 0 aromatic rings. The van der Waals surface area contributed by atoms with Gasteiger partial charge in [-0.15, -0.1) is 0 Å². The fraction of sp³-hybridized carbons (Fsp3) is 0.444. The molecule has 0 unspecified atom stereocenters. The monoisotopic (exact) mass is 145 g/mol. The Labute approximate surface area is 85.7 Å². The average molecular weight is 145 g/mol. The topological polar surface area (TPSA) is 0 Å². The van der Waals surface area contributed by atoms with Crippen LogP contribution in [0.3, 0.4) is 0 Å². The number of unbranched alkanes of at least 4 members (excludes halogenated alkanes) is 1. The van der Waals surface area contributed by atoms with Gasteiger partial charge in [0.1, 0.15) is 0 Å². The SMILES string of the molecule is CCCC[C]1C=CC=C1.[NaH]. The summed E-state index contributed by atoms with van der Waals surface area (Å²) in [7, 11) is 0. The Morgan fingerprint density at radius 2 is 1.80 bits per heavy atom. The summed E-state index contributed by atoms with van der Waals surface area (Å²) in [5, 5.41) is 0. The summed E-state index contributed by atoms with van der Waals surface area (Å²) in [6.07, 6.45) is 12.5. The van der Waals surface area contributed by atoms with E-state index in [1.54, 1.807) is 0 Å². The molecule has 10 heavy (non-hydrogen) atoms. The first-order valence-corrected chi connectivity index (χ1v) is 3.64. The van der Waals surface area contributed by atoms with Gasteiger partial charge in [0.15, 0.2) is 0 Å². The van der Waals surface area contributed by atoms with Crippen LogP contribution in [0.1, 0.15) is 26.2 Å². The van der Waals surface area contributed by atoms with E-state index >= 15 is 0 Å². The van der Waals surface area contributed by atoms with Crippen LogP contribution >= 0.6 is 0 Å². The van der Waals surface area contributed by atoms with E-state index in [-0.39, 0.29) is 29.6 Å². The van der Waals surface area contributed by atoms with Gasteiger partial charge >= 0.3 is 29.6 Å². The zero-order chi connectivity index (χ0) is 6.53. The van der Waals surface area contributed by atoms with Crippen molar-refractivity contribution in [3.8, 4) is 0 Å². The molecule has 0 heterocycles. The number of hydrogen-bond acceptors (Lipinski definition) is 0. The maximum absolute atomic E-state index is 2.23. The van der Waals surface area contributed by atoms with E-state index in [2.05, 4.69) is 31.2 Å². The van der Waals surface area contributed by atoms with Gasteiger partial charge in [0.2, 0.25) is 0 Å². The molecule has 1 heteroatoms. The molecule has 1 aliphatic carbocycles. The summed E-state index contributed by atoms with van der Waals surface area (Å²) in [6, 6.07) is 0. The van der Waals surface area contributed by atoms with Crippen LogP contribution in [-0.4, -0.2) is 29.6 Å². The third-order valence-electron chi connectivity index (χ3n) is 1.55. The summed E-state index contributed by atoms with van der Waals surface area (Å²) < 4.78 is 0. The fourth-order valence-corrected chi connectivity index (χ4v) is 0.961. The third kappa shape index (κ3) is 3.60. The van der Waals surface area contributed by atoms with Crippen molar-refractivity contribution in [1.82, 2.24) is 0 Å². The molecule has 0 fully saturated rings. The van der Waals surface area contributed by atoms with Crippen molar-refractivity contribution in [2.45, 2.75) is 26.2 Å². The first kappa shape index (κ1) is 10.5. The maximum atomic E-state index is 2.23. The van der Waals surface area contributed by atoms with E-state index in [4.69, 9.17) is 0 Å². The van der Waals surface area contributed by atoms with Gasteiger partial charge in [-0.2, -0.15) is 0 Å². The number of hydrogen-bond donors (Lipinski definition) is 0. The molecule has 0 amide bonds. The van der Waals surface area contributed by atoms with E-state index in [1.165, 1.54) is 25.2 Å². The fourth-order valence-electron chi connectivity index (χ4n) is 0.961. The molecule has 0 atom stereocenters. The summed E-state index contributed by atoms with van der Waals surface area (Å²) in [6.45, 7) is 2.23. The zero-order valence-electron chi connectivity index (χ0n) is 5.93. The molecule has 1 radical (unpaired) electrons. The molecule has 0 saturated heterocycles. The van der Waals surface area contributed by atoms with Crippen LogP contribution in [-0.2, 0) is 0 Å². The Morgan fingerprint density at radius 1 is 1.20 bits per heavy atom. The normalized spacial score (nSPS) is 15.7. The predicted octanol–water partition coefficient (Wildman–Crippen LogP) is 2.23. The van der Waals surface area contributed by atoms with Gasteiger partial charge in [-0.25, -0.2) is 0 Å². The number of allylic oxidation sites excluding steroid dienone is 4. The minimum atomic E-state index is 0. The van der Waals surface area contributed by atoms with E-state index in [1.807, 2.05) is 0 Å². The first-order chi connectivity index (χ1) is 4.43. The van der Waals surface area contributed by atoms with Gasteiger partial charge in [-0.05, 0) is 6.42 Å². The summed E-state index contributed by atoms with van der Waals surface area (Å²) >= 11 is 0. The molecular weight excluding hydrogens is 131 g/mol. The molecule has 0 bridgehead atoms. The molecule has 0 nitrogen and oxygen atoms in total.